The van der Waals surface area contributed by atoms with Crippen LogP contribution in [0, 0.1) is 32.8 Å². The third kappa shape index (κ3) is 8.52. The third-order valence-electron chi connectivity index (χ3n) is 7.88. The molecule has 0 bridgehead atoms. The van der Waals surface area contributed by atoms with Crippen LogP contribution in [0.2, 0.25) is 0 Å². The SMILES string of the molecule is CC(C)(CCC#N)CN(CC(O)C(Cc1ccccc1)NC(=O)OC1COC2OCCC12)S(=O)(=O)c1cccc([N+](=O)[O-])c1. The number of non-ortho nitro benzene ring substituents is 1. The molecular weight excluding hydrogens is 592 g/mol. The minimum absolute atomic E-state index is 0.0931. The lowest BCUT2D eigenvalue weighted by molar-refractivity contribution is -0.385. The number of rotatable bonds is 14. The van der Waals surface area contributed by atoms with Gasteiger partial charge in [-0.2, -0.15) is 9.57 Å². The highest BCUT2D eigenvalue weighted by molar-refractivity contribution is 7.89. The van der Waals surface area contributed by atoms with E-state index in [1.54, 1.807) is 13.8 Å². The Hall–Kier alpha value is -3.61. The molecule has 14 heteroatoms. The van der Waals surface area contributed by atoms with Crippen LogP contribution in [0.15, 0.2) is 59.5 Å². The molecule has 0 spiro atoms. The largest absolute Gasteiger partial charge is 0.443 e. The zero-order chi connectivity index (χ0) is 31.9. The Balaban J connectivity index is 1.59. The summed E-state index contributed by atoms with van der Waals surface area (Å²) < 4.78 is 45.6. The van der Waals surface area contributed by atoms with Gasteiger partial charge in [0.2, 0.25) is 10.0 Å². The molecule has 2 saturated heterocycles. The van der Waals surface area contributed by atoms with E-state index in [9.17, 15) is 28.4 Å². The number of aliphatic hydroxyl groups excluding tert-OH is 1. The minimum atomic E-state index is -4.36. The first kappa shape index (κ1) is 33.3. The van der Waals surface area contributed by atoms with Crippen molar-refractivity contribution in [2.75, 3.05) is 26.3 Å². The van der Waals surface area contributed by atoms with Crippen molar-refractivity contribution in [2.45, 2.75) is 69.0 Å². The molecule has 0 aromatic heterocycles. The van der Waals surface area contributed by atoms with Gasteiger partial charge in [0.1, 0.15) is 6.10 Å². The van der Waals surface area contributed by atoms with Gasteiger partial charge in [0.05, 0.1) is 47.2 Å². The van der Waals surface area contributed by atoms with E-state index in [4.69, 9.17) is 19.5 Å². The topological polar surface area (TPSA) is 181 Å². The summed E-state index contributed by atoms with van der Waals surface area (Å²) in [6.07, 6.45) is -1.74. The summed E-state index contributed by atoms with van der Waals surface area (Å²) in [4.78, 5) is 23.5. The van der Waals surface area contributed by atoms with Crippen LogP contribution in [0.5, 0.6) is 0 Å². The van der Waals surface area contributed by atoms with Crippen molar-refractivity contribution < 1.29 is 37.5 Å². The Bertz CT molecular complexity index is 1450. The number of benzene rings is 2. The monoisotopic (exact) mass is 630 g/mol. The number of fused-ring (bicyclic) bond motifs is 1. The van der Waals surface area contributed by atoms with Crippen molar-refractivity contribution in [3.63, 3.8) is 0 Å². The van der Waals surface area contributed by atoms with Crippen LogP contribution in [0.1, 0.15) is 38.7 Å². The number of sulfonamides is 1. The van der Waals surface area contributed by atoms with Crippen LogP contribution < -0.4 is 5.32 Å². The fourth-order valence-corrected chi connectivity index (χ4v) is 7.15. The summed E-state index contributed by atoms with van der Waals surface area (Å²) in [5.41, 5.74) is -0.299. The first-order valence-electron chi connectivity index (χ1n) is 14.4. The number of aliphatic hydroxyl groups is 1. The highest BCUT2D eigenvalue weighted by Crippen LogP contribution is 2.33. The molecule has 4 rings (SSSR count). The summed E-state index contributed by atoms with van der Waals surface area (Å²) in [5.74, 6) is -0.0931. The molecule has 13 nitrogen and oxygen atoms in total. The molecule has 0 radical (unpaired) electrons. The van der Waals surface area contributed by atoms with Crippen molar-refractivity contribution in [3.05, 3.63) is 70.3 Å². The molecule has 238 valence electrons. The summed E-state index contributed by atoms with van der Waals surface area (Å²) >= 11 is 0. The van der Waals surface area contributed by atoms with Crippen molar-refractivity contribution >= 4 is 21.8 Å². The second-order valence-electron chi connectivity index (χ2n) is 11.9. The predicted molar refractivity (Wildman–Crippen MR) is 158 cm³/mol. The number of ether oxygens (including phenoxy) is 3. The first-order chi connectivity index (χ1) is 20.9. The number of nitro benzene ring substituents is 1. The van der Waals surface area contributed by atoms with Crippen LogP contribution in [0.4, 0.5) is 10.5 Å². The number of nitro groups is 1. The molecule has 44 heavy (non-hydrogen) atoms. The van der Waals surface area contributed by atoms with Crippen molar-refractivity contribution in [1.82, 2.24) is 9.62 Å². The third-order valence-corrected chi connectivity index (χ3v) is 9.69. The Labute approximate surface area is 256 Å². The van der Waals surface area contributed by atoms with Gasteiger partial charge in [-0.15, -0.1) is 0 Å². The number of nitrogens with one attached hydrogen (secondary N) is 1. The van der Waals surface area contributed by atoms with Crippen LogP contribution in [-0.4, -0.2) is 79.7 Å². The smallest absolute Gasteiger partial charge is 0.407 e. The number of alkyl carbamates (subject to hydrolysis) is 1. The number of hydrogen-bond acceptors (Lipinski definition) is 10. The molecule has 5 atom stereocenters. The molecule has 0 saturated carbocycles. The Morgan fingerprint density at radius 1 is 1.25 bits per heavy atom. The minimum Gasteiger partial charge on any atom is -0.443 e. The number of carbonyl (C=O) groups is 1. The summed E-state index contributed by atoms with van der Waals surface area (Å²) in [6.45, 7) is 3.75. The fourth-order valence-electron chi connectivity index (χ4n) is 5.46. The van der Waals surface area contributed by atoms with Gasteiger partial charge in [-0.3, -0.25) is 10.1 Å². The molecule has 2 aliphatic rings. The zero-order valence-electron chi connectivity index (χ0n) is 24.7. The Morgan fingerprint density at radius 2 is 2.00 bits per heavy atom. The van der Waals surface area contributed by atoms with E-state index in [2.05, 4.69) is 11.4 Å². The second kappa shape index (κ2) is 14.4. The summed E-state index contributed by atoms with van der Waals surface area (Å²) in [7, 11) is -4.36. The molecule has 2 aromatic carbocycles. The van der Waals surface area contributed by atoms with Gasteiger partial charge in [-0.25, -0.2) is 13.2 Å². The lowest BCUT2D eigenvalue weighted by atomic mass is 9.88. The van der Waals surface area contributed by atoms with Gasteiger partial charge in [-0.1, -0.05) is 50.2 Å². The zero-order valence-corrected chi connectivity index (χ0v) is 25.5. The van der Waals surface area contributed by atoms with Crippen molar-refractivity contribution in [1.29, 1.82) is 5.26 Å². The standard InChI is InChI=1S/C30H38N4O9S/c1-30(2,13-7-14-31)20-33(44(39,40)23-11-6-10-22(17-23)34(37)38)18-26(35)25(16-21-8-4-3-5-9-21)32-29(36)43-27-19-42-28-24(27)12-15-41-28/h3-6,8-11,17,24-28,35H,7,12-13,15-16,18-20H2,1-2H3,(H,32,36). The first-order valence-corrected chi connectivity index (χ1v) is 15.9. The average Bonchev–Trinajstić information content (AvgIpc) is 3.61. The maximum Gasteiger partial charge on any atom is 0.407 e. The van der Waals surface area contributed by atoms with E-state index in [1.165, 1.54) is 18.2 Å². The van der Waals surface area contributed by atoms with Gasteiger partial charge in [0.25, 0.3) is 5.69 Å². The number of nitriles is 1. The number of amides is 1. The van der Waals surface area contributed by atoms with Crippen molar-refractivity contribution in [3.8, 4) is 6.07 Å². The highest BCUT2D eigenvalue weighted by atomic mass is 32.2. The maximum absolute atomic E-state index is 13.9. The normalized spacial score (nSPS) is 21.3. The van der Waals surface area contributed by atoms with E-state index in [-0.39, 0.29) is 36.8 Å². The number of nitrogens with zero attached hydrogens (tertiary/aromatic N) is 3. The second-order valence-corrected chi connectivity index (χ2v) is 13.8. The lowest BCUT2D eigenvalue weighted by Crippen LogP contribution is -2.52. The maximum atomic E-state index is 13.9. The van der Waals surface area contributed by atoms with E-state index in [1.807, 2.05) is 30.3 Å². The molecule has 1 amide bonds. The van der Waals surface area contributed by atoms with Crippen LogP contribution in [0.3, 0.4) is 0 Å². The summed E-state index contributed by atoms with van der Waals surface area (Å²) in [5, 5.41) is 34.8. The van der Waals surface area contributed by atoms with Gasteiger partial charge >= 0.3 is 6.09 Å². The molecule has 2 fully saturated rings. The molecule has 2 heterocycles. The number of hydrogen-bond donors (Lipinski definition) is 2. The molecule has 5 unspecified atom stereocenters. The fraction of sp³-hybridized carbons (Fsp3) is 0.533. The Morgan fingerprint density at radius 3 is 2.70 bits per heavy atom. The van der Waals surface area contributed by atoms with Crippen LogP contribution >= 0.6 is 0 Å². The molecule has 2 aromatic rings. The lowest BCUT2D eigenvalue weighted by Gasteiger charge is -2.34. The van der Waals surface area contributed by atoms with Crippen LogP contribution in [0.25, 0.3) is 0 Å². The predicted octanol–water partition coefficient (Wildman–Crippen LogP) is 3.38. The molecular formula is C30H38N4O9S. The Kier molecular flexibility index (Phi) is 10.9. The van der Waals surface area contributed by atoms with Crippen LogP contribution in [-0.2, 0) is 30.7 Å². The number of carbonyl (C=O) groups excluding carboxylic acids is 1. The van der Waals surface area contributed by atoms with E-state index in [0.717, 1.165) is 15.9 Å². The van der Waals surface area contributed by atoms with Gasteiger partial charge in [-0.05, 0) is 36.3 Å². The van der Waals surface area contributed by atoms with E-state index in [0.29, 0.717) is 19.4 Å². The van der Waals surface area contributed by atoms with Gasteiger partial charge < -0.3 is 24.6 Å². The highest BCUT2D eigenvalue weighted by Gasteiger charge is 2.44. The van der Waals surface area contributed by atoms with Gasteiger partial charge in [0, 0.05) is 31.6 Å². The van der Waals surface area contributed by atoms with Gasteiger partial charge in [0.15, 0.2) is 6.29 Å². The van der Waals surface area contributed by atoms with Crippen molar-refractivity contribution in [2.24, 2.45) is 11.3 Å². The van der Waals surface area contributed by atoms with E-state index >= 15 is 0 Å². The van der Waals surface area contributed by atoms with E-state index < -0.39 is 63.2 Å². The molecule has 2 aliphatic heterocycles. The molecule has 0 aliphatic carbocycles. The quantitative estimate of drug-likeness (QED) is 0.232. The summed E-state index contributed by atoms with van der Waals surface area (Å²) in [6, 6.07) is 14.9. The molecule has 2 N–H and O–H groups in total. The average molecular weight is 631 g/mol.